The van der Waals surface area contributed by atoms with Gasteiger partial charge in [0.15, 0.2) is 5.16 Å². The molecule has 0 aliphatic carbocycles. The largest absolute Gasteiger partial charge is 0.300 e. The van der Waals surface area contributed by atoms with Gasteiger partial charge in [-0.3, -0.25) is 14.7 Å². The lowest BCUT2D eigenvalue weighted by atomic mass is 10.1. The van der Waals surface area contributed by atoms with Crippen LogP contribution in [0.25, 0.3) is 5.69 Å². The molecule has 0 fully saturated rings. The van der Waals surface area contributed by atoms with Crippen molar-refractivity contribution in [2.24, 2.45) is 0 Å². The van der Waals surface area contributed by atoms with E-state index in [1.54, 1.807) is 11.7 Å². The molecule has 0 bridgehead atoms. The molecule has 23 heavy (non-hydrogen) atoms. The van der Waals surface area contributed by atoms with Crippen LogP contribution in [0.2, 0.25) is 0 Å². The minimum absolute atomic E-state index is 0.123. The Hall–Kier alpha value is -2.19. The van der Waals surface area contributed by atoms with Gasteiger partial charge in [-0.1, -0.05) is 35.2 Å². The molecule has 1 N–H and O–H groups in total. The summed E-state index contributed by atoms with van der Waals surface area (Å²) in [7, 11) is 0. The fourth-order valence-electron chi connectivity index (χ4n) is 2.07. The first-order chi connectivity index (χ1) is 11.1. The quantitative estimate of drug-likeness (QED) is 0.720. The number of carbonyl (C=O) groups is 1. The van der Waals surface area contributed by atoms with Crippen molar-refractivity contribution in [1.82, 2.24) is 19.7 Å². The van der Waals surface area contributed by atoms with E-state index in [9.17, 15) is 4.79 Å². The average molecular weight is 345 g/mol. The highest BCUT2D eigenvalue weighted by molar-refractivity contribution is 7.99. The predicted octanol–water partition coefficient (Wildman–Crippen LogP) is 3.07. The van der Waals surface area contributed by atoms with Crippen LogP contribution in [0, 0.1) is 13.8 Å². The number of nitrogens with one attached hydrogen (secondary N) is 1. The van der Waals surface area contributed by atoms with Gasteiger partial charge in [-0.2, -0.15) is 0 Å². The second kappa shape index (κ2) is 6.93. The highest BCUT2D eigenvalue weighted by Crippen LogP contribution is 2.23. The summed E-state index contributed by atoms with van der Waals surface area (Å²) >= 11 is 2.68. The van der Waals surface area contributed by atoms with Gasteiger partial charge in [-0.25, -0.2) is 4.98 Å². The predicted molar refractivity (Wildman–Crippen MR) is 92.3 cm³/mol. The van der Waals surface area contributed by atoms with Crippen LogP contribution >= 0.6 is 23.1 Å². The summed E-state index contributed by atoms with van der Waals surface area (Å²) in [6, 6.07) is 6.28. The standard InChI is InChI=1S/C15H15N5OS2/c1-10-3-4-11(2)12(7-10)20-6-5-16-15(20)22-8-13(21)18-14-19-17-9-23-14/h3-7,9H,8H2,1-2H3,(H,18,19,21). The van der Waals surface area contributed by atoms with Gasteiger partial charge in [-0.05, 0) is 31.0 Å². The highest BCUT2D eigenvalue weighted by Gasteiger charge is 2.11. The molecule has 1 aromatic carbocycles. The van der Waals surface area contributed by atoms with Gasteiger partial charge < -0.3 is 0 Å². The molecule has 118 valence electrons. The molecular weight excluding hydrogens is 330 g/mol. The lowest BCUT2D eigenvalue weighted by Crippen LogP contribution is -2.14. The zero-order valence-corrected chi connectivity index (χ0v) is 14.3. The van der Waals surface area contributed by atoms with Gasteiger partial charge in [0.1, 0.15) is 5.51 Å². The van der Waals surface area contributed by atoms with Crippen molar-refractivity contribution in [3.05, 3.63) is 47.2 Å². The first-order valence-corrected chi connectivity index (χ1v) is 8.80. The molecule has 0 unspecified atom stereocenters. The molecule has 0 atom stereocenters. The highest BCUT2D eigenvalue weighted by atomic mass is 32.2. The molecule has 3 rings (SSSR count). The number of carbonyl (C=O) groups excluding carboxylic acids is 1. The molecule has 2 aromatic heterocycles. The van der Waals surface area contributed by atoms with E-state index in [1.165, 1.54) is 28.7 Å². The van der Waals surface area contributed by atoms with Crippen molar-refractivity contribution in [3.8, 4) is 5.69 Å². The van der Waals surface area contributed by atoms with Crippen molar-refractivity contribution in [2.75, 3.05) is 11.1 Å². The Morgan fingerprint density at radius 2 is 2.26 bits per heavy atom. The van der Waals surface area contributed by atoms with Crippen LogP contribution in [0.3, 0.4) is 0 Å². The van der Waals surface area contributed by atoms with Gasteiger partial charge in [0.2, 0.25) is 11.0 Å². The molecule has 0 aliphatic heterocycles. The third-order valence-electron chi connectivity index (χ3n) is 3.17. The minimum atomic E-state index is -0.123. The average Bonchev–Trinajstić information content (AvgIpc) is 3.19. The van der Waals surface area contributed by atoms with Crippen LogP contribution in [-0.4, -0.2) is 31.4 Å². The molecule has 1 amide bonds. The number of imidazole rings is 1. The Kier molecular flexibility index (Phi) is 4.73. The Bertz CT molecular complexity index is 813. The Morgan fingerprint density at radius 3 is 3.04 bits per heavy atom. The van der Waals surface area contributed by atoms with Crippen molar-refractivity contribution < 1.29 is 4.79 Å². The van der Waals surface area contributed by atoms with E-state index >= 15 is 0 Å². The molecule has 0 radical (unpaired) electrons. The summed E-state index contributed by atoms with van der Waals surface area (Å²) in [6.45, 7) is 4.12. The topological polar surface area (TPSA) is 72.7 Å². The first-order valence-electron chi connectivity index (χ1n) is 6.93. The van der Waals surface area contributed by atoms with Crippen LogP contribution in [0.4, 0.5) is 5.13 Å². The maximum Gasteiger partial charge on any atom is 0.236 e. The van der Waals surface area contributed by atoms with Crippen LogP contribution in [0.15, 0.2) is 41.3 Å². The number of hydrogen-bond donors (Lipinski definition) is 1. The second-order valence-electron chi connectivity index (χ2n) is 4.95. The minimum Gasteiger partial charge on any atom is -0.300 e. The zero-order chi connectivity index (χ0) is 16.2. The SMILES string of the molecule is Cc1ccc(C)c(-n2ccnc2SCC(=O)Nc2nncs2)c1. The van der Waals surface area contributed by atoms with Gasteiger partial charge in [-0.15, -0.1) is 10.2 Å². The molecule has 0 saturated carbocycles. The van der Waals surface area contributed by atoms with E-state index in [1.807, 2.05) is 10.8 Å². The molecule has 3 aromatic rings. The lowest BCUT2D eigenvalue weighted by molar-refractivity contribution is -0.113. The van der Waals surface area contributed by atoms with Crippen LogP contribution in [0.5, 0.6) is 0 Å². The summed E-state index contributed by atoms with van der Waals surface area (Å²) in [4.78, 5) is 16.3. The van der Waals surface area contributed by atoms with E-state index in [0.717, 1.165) is 16.4 Å². The Balaban J connectivity index is 1.71. The van der Waals surface area contributed by atoms with E-state index in [2.05, 4.69) is 52.5 Å². The van der Waals surface area contributed by atoms with Crippen LogP contribution < -0.4 is 5.32 Å². The number of hydrogen-bond acceptors (Lipinski definition) is 6. The smallest absolute Gasteiger partial charge is 0.236 e. The van der Waals surface area contributed by atoms with Crippen LogP contribution in [-0.2, 0) is 4.79 Å². The third kappa shape index (κ3) is 3.77. The maximum atomic E-state index is 11.9. The number of anilines is 1. The van der Waals surface area contributed by atoms with Crippen LogP contribution in [0.1, 0.15) is 11.1 Å². The third-order valence-corrected chi connectivity index (χ3v) is 4.74. The van der Waals surface area contributed by atoms with Crippen molar-refractivity contribution in [2.45, 2.75) is 19.0 Å². The summed E-state index contributed by atoms with van der Waals surface area (Å²) in [6.07, 6.45) is 3.65. The number of benzene rings is 1. The number of nitrogens with zero attached hydrogens (tertiary/aromatic N) is 4. The number of aromatic nitrogens is 4. The monoisotopic (exact) mass is 345 g/mol. The van der Waals surface area contributed by atoms with E-state index in [-0.39, 0.29) is 11.7 Å². The fourth-order valence-corrected chi connectivity index (χ4v) is 3.30. The summed E-state index contributed by atoms with van der Waals surface area (Å²) < 4.78 is 2.01. The zero-order valence-electron chi connectivity index (χ0n) is 12.7. The van der Waals surface area contributed by atoms with Crippen molar-refractivity contribution in [3.63, 3.8) is 0 Å². The molecule has 0 aliphatic rings. The van der Waals surface area contributed by atoms with Crippen molar-refractivity contribution >= 4 is 34.1 Å². The van der Waals surface area contributed by atoms with Gasteiger partial charge in [0.05, 0.1) is 11.4 Å². The first kappa shape index (κ1) is 15.7. The molecule has 2 heterocycles. The second-order valence-corrected chi connectivity index (χ2v) is 6.73. The molecule has 6 nitrogen and oxygen atoms in total. The van der Waals surface area contributed by atoms with Crippen molar-refractivity contribution in [1.29, 1.82) is 0 Å². The lowest BCUT2D eigenvalue weighted by Gasteiger charge is -2.11. The summed E-state index contributed by atoms with van der Waals surface area (Å²) in [5, 5.41) is 11.5. The summed E-state index contributed by atoms with van der Waals surface area (Å²) in [5.74, 6) is 0.142. The van der Waals surface area contributed by atoms with E-state index in [0.29, 0.717) is 5.13 Å². The molecule has 0 spiro atoms. The van der Waals surface area contributed by atoms with E-state index in [4.69, 9.17) is 0 Å². The van der Waals surface area contributed by atoms with Gasteiger partial charge >= 0.3 is 0 Å². The number of aryl methyl sites for hydroxylation is 2. The number of rotatable bonds is 5. The Morgan fingerprint density at radius 1 is 1.39 bits per heavy atom. The fraction of sp³-hybridized carbons (Fsp3) is 0.200. The maximum absolute atomic E-state index is 11.9. The molecule has 0 saturated heterocycles. The molecular formula is C15H15N5OS2. The number of amides is 1. The number of thioether (sulfide) groups is 1. The van der Waals surface area contributed by atoms with Gasteiger partial charge in [0.25, 0.3) is 0 Å². The summed E-state index contributed by atoms with van der Waals surface area (Å²) in [5.41, 5.74) is 5.00. The van der Waals surface area contributed by atoms with E-state index < -0.39 is 0 Å². The van der Waals surface area contributed by atoms with Gasteiger partial charge in [0, 0.05) is 12.4 Å². The normalized spacial score (nSPS) is 10.7. The Labute approximate surface area is 142 Å². The molecule has 8 heteroatoms.